The SMILES string of the molecule is CN1CC[C@@]2(C)c3cc(OC(=O)Nc4cc(Cl)cc(Cl)c4)ccc3N(C)[C@@H]12. The zero-order chi connectivity index (χ0) is 19.3. The fourth-order valence-electron chi connectivity index (χ4n) is 4.50. The van der Waals surface area contributed by atoms with Crippen molar-refractivity contribution in [1.82, 2.24) is 4.90 Å². The fraction of sp³-hybridized carbons (Fsp3) is 0.350. The molecule has 2 heterocycles. The Bertz CT molecular complexity index is 900. The van der Waals surface area contributed by atoms with Crippen molar-refractivity contribution in [3.8, 4) is 5.75 Å². The first-order chi connectivity index (χ1) is 12.8. The summed E-state index contributed by atoms with van der Waals surface area (Å²) in [7, 11) is 4.27. The number of nitrogens with one attached hydrogen (secondary N) is 1. The van der Waals surface area contributed by atoms with Crippen LogP contribution in [0.25, 0.3) is 0 Å². The van der Waals surface area contributed by atoms with Gasteiger partial charge in [-0.05, 0) is 55.4 Å². The summed E-state index contributed by atoms with van der Waals surface area (Å²) in [6.45, 7) is 3.33. The van der Waals surface area contributed by atoms with Crippen molar-refractivity contribution in [1.29, 1.82) is 0 Å². The molecule has 0 radical (unpaired) electrons. The largest absolute Gasteiger partial charge is 0.417 e. The van der Waals surface area contributed by atoms with Crippen LogP contribution in [0, 0.1) is 0 Å². The van der Waals surface area contributed by atoms with E-state index < -0.39 is 6.09 Å². The number of ether oxygens (including phenoxy) is 1. The van der Waals surface area contributed by atoms with Gasteiger partial charge in [0.05, 0.1) is 6.17 Å². The van der Waals surface area contributed by atoms with E-state index >= 15 is 0 Å². The molecular formula is C20H21Cl2N3O2. The molecule has 1 fully saturated rings. The molecule has 1 N–H and O–H groups in total. The molecule has 27 heavy (non-hydrogen) atoms. The minimum absolute atomic E-state index is 0.0230. The van der Waals surface area contributed by atoms with Crippen LogP contribution in [0.1, 0.15) is 18.9 Å². The van der Waals surface area contributed by atoms with Crippen molar-refractivity contribution in [2.24, 2.45) is 0 Å². The number of amides is 1. The topological polar surface area (TPSA) is 44.8 Å². The third-order valence-corrected chi connectivity index (χ3v) is 6.06. The maximum atomic E-state index is 12.3. The molecule has 5 nitrogen and oxygen atoms in total. The number of carbonyl (C=O) groups excluding carboxylic acids is 1. The van der Waals surface area contributed by atoms with Crippen LogP contribution in [0.3, 0.4) is 0 Å². The number of benzene rings is 2. The van der Waals surface area contributed by atoms with Crippen LogP contribution in [0.2, 0.25) is 10.0 Å². The molecular weight excluding hydrogens is 385 g/mol. The number of halogens is 2. The summed E-state index contributed by atoms with van der Waals surface area (Å²) in [4.78, 5) is 17.0. The average Bonchev–Trinajstić information content (AvgIpc) is 2.99. The first-order valence-corrected chi connectivity index (χ1v) is 9.56. The van der Waals surface area contributed by atoms with Gasteiger partial charge in [-0.1, -0.05) is 30.1 Å². The Morgan fingerprint density at radius 3 is 2.59 bits per heavy atom. The van der Waals surface area contributed by atoms with Crippen LogP contribution in [-0.2, 0) is 5.41 Å². The predicted octanol–water partition coefficient (Wildman–Crippen LogP) is 4.97. The zero-order valence-corrected chi connectivity index (χ0v) is 16.9. The minimum Gasteiger partial charge on any atom is -0.410 e. The van der Waals surface area contributed by atoms with Gasteiger partial charge >= 0.3 is 6.09 Å². The van der Waals surface area contributed by atoms with E-state index in [4.69, 9.17) is 27.9 Å². The van der Waals surface area contributed by atoms with Crippen molar-refractivity contribution in [3.63, 3.8) is 0 Å². The summed E-state index contributed by atoms with van der Waals surface area (Å²) in [6, 6.07) is 10.7. The van der Waals surface area contributed by atoms with Crippen molar-refractivity contribution in [2.75, 3.05) is 30.9 Å². The Morgan fingerprint density at radius 1 is 1.19 bits per heavy atom. The quantitative estimate of drug-likeness (QED) is 0.765. The Morgan fingerprint density at radius 2 is 1.89 bits per heavy atom. The van der Waals surface area contributed by atoms with E-state index in [0.717, 1.165) is 13.0 Å². The monoisotopic (exact) mass is 405 g/mol. The lowest BCUT2D eigenvalue weighted by Crippen LogP contribution is -2.45. The lowest BCUT2D eigenvalue weighted by atomic mass is 9.81. The molecule has 1 amide bonds. The highest BCUT2D eigenvalue weighted by atomic mass is 35.5. The maximum Gasteiger partial charge on any atom is 0.417 e. The summed E-state index contributed by atoms with van der Waals surface area (Å²) in [5, 5.41) is 3.56. The molecule has 2 atom stereocenters. The van der Waals surface area contributed by atoms with Crippen molar-refractivity contribution < 1.29 is 9.53 Å². The molecule has 0 spiro atoms. The molecule has 2 aromatic rings. The zero-order valence-electron chi connectivity index (χ0n) is 15.4. The number of likely N-dealkylation sites (N-methyl/N-ethyl adjacent to an activating group) is 2. The van der Waals surface area contributed by atoms with Crippen LogP contribution < -0.4 is 15.0 Å². The third-order valence-electron chi connectivity index (χ3n) is 5.62. The Kier molecular flexibility index (Phi) is 4.49. The van der Waals surface area contributed by atoms with Crippen molar-refractivity contribution in [2.45, 2.75) is 24.9 Å². The number of likely N-dealkylation sites (tertiary alicyclic amines) is 1. The smallest absolute Gasteiger partial charge is 0.410 e. The summed E-state index contributed by atoms with van der Waals surface area (Å²) < 4.78 is 5.51. The van der Waals surface area contributed by atoms with Gasteiger partial charge in [-0.2, -0.15) is 0 Å². The van der Waals surface area contributed by atoms with Gasteiger partial charge < -0.3 is 9.64 Å². The Labute approximate surface area is 168 Å². The Hall–Kier alpha value is -1.95. The molecule has 7 heteroatoms. The second-order valence-corrected chi connectivity index (χ2v) is 8.36. The van der Waals surface area contributed by atoms with Gasteiger partial charge in [-0.25, -0.2) is 4.79 Å². The molecule has 0 bridgehead atoms. The number of rotatable bonds is 2. The average molecular weight is 406 g/mol. The molecule has 0 aromatic heterocycles. The summed E-state index contributed by atoms with van der Waals surface area (Å²) in [6.07, 6.45) is 0.817. The van der Waals surface area contributed by atoms with E-state index in [1.807, 2.05) is 18.2 Å². The highest BCUT2D eigenvalue weighted by molar-refractivity contribution is 6.35. The van der Waals surface area contributed by atoms with Gasteiger partial charge in [0.2, 0.25) is 0 Å². The first-order valence-electron chi connectivity index (χ1n) is 8.80. The molecule has 2 aliphatic heterocycles. The van der Waals surface area contributed by atoms with Gasteiger partial charge in [0, 0.05) is 40.4 Å². The number of hydrogen-bond acceptors (Lipinski definition) is 4. The van der Waals surface area contributed by atoms with Gasteiger partial charge in [-0.15, -0.1) is 0 Å². The number of anilines is 2. The number of fused-ring (bicyclic) bond motifs is 3. The van der Waals surface area contributed by atoms with E-state index in [9.17, 15) is 4.79 Å². The fourth-order valence-corrected chi connectivity index (χ4v) is 5.02. The normalized spacial score (nSPS) is 23.9. The van der Waals surface area contributed by atoms with Gasteiger partial charge in [0.1, 0.15) is 5.75 Å². The lowest BCUT2D eigenvalue weighted by molar-refractivity contribution is 0.215. The molecule has 0 unspecified atom stereocenters. The number of carbonyl (C=O) groups is 1. The Balaban J connectivity index is 1.55. The second-order valence-electron chi connectivity index (χ2n) is 7.48. The van der Waals surface area contributed by atoms with Crippen molar-refractivity contribution >= 4 is 40.7 Å². The molecule has 2 aliphatic rings. The minimum atomic E-state index is -0.579. The highest BCUT2D eigenvalue weighted by Crippen LogP contribution is 2.51. The van der Waals surface area contributed by atoms with Gasteiger partial charge in [0.25, 0.3) is 0 Å². The van der Waals surface area contributed by atoms with E-state index in [2.05, 4.69) is 36.1 Å². The maximum absolute atomic E-state index is 12.3. The van der Waals surface area contributed by atoms with Crippen LogP contribution >= 0.6 is 23.2 Å². The van der Waals surface area contributed by atoms with Crippen LogP contribution in [0.5, 0.6) is 5.75 Å². The molecule has 4 rings (SSSR count). The van der Waals surface area contributed by atoms with Crippen molar-refractivity contribution in [3.05, 3.63) is 52.0 Å². The summed E-state index contributed by atoms with van der Waals surface area (Å²) >= 11 is 11.9. The van der Waals surface area contributed by atoms with Gasteiger partial charge in [0.15, 0.2) is 0 Å². The molecule has 0 saturated carbocycles. The first kappa shape index (κ1) is 18.4. The number of nitrogens with zero attached hydrogens (tertiary/aromatic N) is 2. The van der Waals surface area contributed by atoms with Crippen LogP contribution in [0.15, 0.2) is 36.4 Å². The van der Waals surface area contributed by atoms with E-state index in [1.165, 1.54) is 11.3 Å². The predicted molar refractivity (Wildman–Crippen MR) is 109 cm³/mol. The molecule has 142 valence electrons. The van der Waals surface area contributed by atoms with Gasteiger partial charge in [-0.3, -0.25) is 10.2 Å². The highest BCUT2D eigenvalue weighted by Gasteiger charge is 2.52. The van der Waals surface area contributed by atoms with Crippen LogP contribution in [0.4, 0.5) is 16.2 Å². The molecule has 0 aliphatic carbocycles. The molecule has 2 aromatic carbocycles. The van der Waals surface area contributed by atoms with E-state index in [-0.39, 0.29) is 5.41 Å². The molecule has 1 saturated heterocycles. The summed E-state index contributed by atoms with van der Waals surface area (Å²) in [5.41, 5.74) is 2.91. The summed E-state index contributed by atoms with van der Waals surface area (Å²) in [5.74, 6) is 0.518. The lowest BCUT2D eigenvalue weighted by Gasteiger charge is -2.32. The number of hydrogen-bond donors (Lipinski definition) is 1. The van der Waals surface area contributed by atoms with Crippen LogP contribution in [-0.4, -0.2) is 37.8 Å². The third kappa shape index (κ3) is 3.14. The van der Waals surface area contributed by atoms with E-state index in [0.29, 0.717) is 27.6 Å². The standard InChI is InChI=1S/C20H21Cl2N3O2/c1-20-6-7-24(2)18(20)25(3)17-5-4-15(11-16(17)20)27-19(26)23-14-9-12(21)8-13(22)10-14/h4-5,8-11,18H,6-7H2,1-3H3,(H,23,26)/t18-,20+/m1/s1. The second kappa shape index (κ2) is 6.59. The van der Waals surface area contributed by atoms with E-state index in [1.54, 1.807) is 18.2 Å².